The smallest absolute Gasteiger partial charge is 0.0828 e. The molecule has 3 heteroatoms. The molecule has 2 atom stereocenters. The van der Waals surface area contributed by atoms with Gasteiger partial charge in [0, 0.05) is 19.6 Å². The second-order valence-corrected chi connectivity index (χ2v) is 3.16. The Bertz CT molecular complexity index is 107. The molecular formula is C8H18N2O. The standard InChI is InChI=1S/C8H18N2O/c1-3-10-5-7(2)11-8(4-9)6-10/h7-8H,3-6,9H2,1-2H3. The monoisotopic (exact) mass is 158 g/mol. The highest BCUT2D eigenvalue weighted by Crippen LogP contribution is 2.09. The Labute approximate surface area is 68.5 Å². The van der Waals surface area contributed by atoms with E-state index in [2.05, 4.69) is 18.7 Å². The van der Waals surface area contributed by atoms with Gasteiger partial charge in [0.1, 0.15) is 0 Å². The van der Waals surface area contributed by atoms with Gasteiger partial charge in [-0.05, 0) is 13.5 Å². The van der Waals surface area contributed by atoms with Crippen LogP contribution in [0.3, 0.4) is 0 Å². The molecule has 0 radical (unpaired) electrons. The first kappa shape index (κ1) is 8.97. The summed E-state index contributed by atoms with van der Waals surface area (Å²) in [7, 11) is 0. The van der Waals surface area contributed by atoms with Crippen molar-refractivity contribution in [1.82, 2.24) is 4.90 Å². The minimum Gasteiger partial charge on any atom is -0.371 e. The summed E-state index contributed by atoms with van der Waals surface area (Å²) >= 11 is 0. The van der Waals surface area contributed by atoms with E-state index in [4.69, 9.17) is 10.5 Å². The predicted octanol–water partition coefficient (Wildman–Crippen LogP) is 0.0543. The molecule has 66 valence electrons. The van der Waals surface area contributed by atoms with Gasteiger partial charge in [-0.25, -0.2) is 0 Å². The van der Waals surface area contributed by atoms with Crippen LogP contribution in [0, 0.1) is 0 Å². The molecule has 3 nitrogen and oxygen atoms in total. The molecule has 0 aromatic carbocycles. The van der Waals surface area contributed by atoms with Crippen molar-refractivity contribution in [1.29, 1.82) is 0 Å². The number of likely N-dealkylation sites (N-methyl/N-ethyl adjacent to an activating group) is 1. The average Bonchev–Trinajstić information content (AvgIpc) is 2.03. The normalized spacial score (nSPS) is 34.1. The third kappa shape index (κ3) is 2.43. The van der Waals surface area contributed by atoms with Crippen LogP contribution in [0.2, 0.25) is 0 Å². The second-order valence-electron chi connectivity index (χ2n) is 3.16. The number of ether oxygens (including phenoxy) is 1. The zero-order valence-corrected chi connectivity index (χ0v) is 7.42. The van der Waals surface area contributed by atoms with Crippen molar-refractivity contribution in [3.05, 3.63) is 0 Å². The zero-order chi connectivity index (χ0) is 8.27. The van der Waals surface area contributed by atoms with Crippen LogP contribution < -0.4 is 5.73 Å². The Morgan fingerprint density at radius 1 is 1.55 bits per heavy atom. The number of hydrogen-bond donors (Lipinski definition) is 1. The minimum absolute atomic E-state index is 0.249. The molecule has 0 bridgehead atoms. The van der Waals surface area contributed by atoms with Gasteiger partial charge in [0.2, 0.25) is 0 Å². The van der Waals surface area contributed by atoms with Gasteiger partial charge in [-0.15, -0.1) is 0 Å². The van der Waals surface area contributed by atoms with E-state index < -0.39 is 0 Å². The zero-order valence-electron chi connectivity index (χ0n) is 7.42. The molecule has 1 aliphatic rings. The van der Waals surface area contributed by atoms with Crippen molar-refractivity contribution in [2.45, 2.75) is 26.1 Å². The maximum Gasteiger partial charge on any atom is 0.0828 e. The van der Waals surface area contributed by atoms with Crippen LogP contribution >= 0.6 is 0 Å². The molecule has 2 unspecified atom stereocenters. The van der Waals surface area contributed by atoms with Crippen molar-refractivity contribution in [3.63, 3.8) is 0 Å². The van der Waals surface area contributed by atoms with E-state index in [9.17, 15) is 0 Å². The van der Waals surface area contributed by atoms with Crippen molar-refractivity contribution in [3.8, 4) is 0 Å². The van der Waals surface area contributed by atoms with Crippen molar-refractivity contribution < 1.29 is 4.74 Å². The summed E-state index contributed by atoms with van der Waals surface area (Å²) in [5.41, 5.74) is 5.53. The van der Waals surface area contributed by atoms with Crippen LogP contribution in [0.25, 0.3) is 0 Å². The fourth-order valence-electron chi connectivity index (χ4n) is 1.53. The van der Waals surface area contributed by atoms with E-state index in [0.717, 1.165) is 19.6 Å². The summed E-state index contributed by atoms with van der Waals surface area (Å²) < 4.78 is 5.60. The number of morpholine rings is 1. The maximum atomic E-state index is 5.60. The summed E-state index contributed by atoms with van der Waals surface area (Å²) in [6.45, 7) is 8.06. The highest BCUT2D eigenvalue weighted by molar-refractivity contribution is 4.74. The Morgan fingerprint density at radius 2 is 2.27 bits per heavy atom. The third-order valence-corrected chi connectivity index (χ3v) is 2.11. The van der Waals surface area contributed by atoms with Crippen molar-refractivity contribution in [2.75, 3.05) is 26.2 Å². The molecule has 0 aromatic heterocycles. The van der Waals surface area contributed by atoms with Crippen LogP contribution in [0.5, 0.6) is 0 Å². The number of rotatable bonds is 2. The molecule has 2 N–H and O–H groups in total. The molecular weight excluding hydrogens is 140 g/mol. The van der Waals surface area contributed by atoms with Crippen LogP contribution in [0.1, 0.15) is 13.8 Å². The third-order valence-electron chi connectivity index (χ3n) is 2.11. The lowest BCUT2D eigenvalue weighted by molar-refractivity contribution is -0.0705. The molecule has 11 heavy (non-hydrogen) atoms. The van der Waals surface area contributed by atoms with Crippen LogP contribution in [-0.2, 0) is 4.74 Å². The first-order valence-corrected chi connectivity index (χ1v) is 4.34. The number of nitrogens with two attached hydrogens (primary N) is 1. The van der Waals surface area contributed by atoms with Gasteiger partial charge < -0.3 is 10.5 Å². The average molecular weight is 158 g/mol. The van der Waals surface area contributed by atoms with Crippen LogP contribution in [0.15, 0.2) is 0 Å². The van der Waals surface area contributed by atoms with E-state index in [1.807, 2.05) is 0 Å². The molecule has 1 heterocycles. The summed E-state index contributed by atoms with van der Waals surface area (Å²) in [5, 5.41) is 0. The molecule has 1 rings (SSSR count). The van der Waals surface area contributed by atoms with E-state index in [1.54, 1.807) is 0 Å². The van der Waals surface area contributed by atoms with E-state index >= 15 is 0 Å². The molecule has 1 saturated heterocycles. The molecule has 0 saturated carbocycles. The highest BCUT2D eigenvalue weighted by atomic mass is 16.5. The van der Waals surface area contributed by atoms with Gasteiger partial charge in [0.25, 0.3) is 0 Å². The fraction of sp³-hybridized carbons (Fsp3) is 1.00. The van der Waals surface area contributed by atoms with Gasteiger partial charge in [0.05, 0.1) is 12.2 Å². The quantitative estimate of drug-likeness (QED) is 0.617. The summed E-state index contributed by atoms with van der Waals surface area (Å²) in [6, 6.07) is 0. The van der Waals surface area contributed by atoms with Gasteiger partial charge in [0.15, 0.2) is 0 Å². The molecule has 0 amide bonds. The Kier molecular flexibility index (Phi) is 3.30. The lowest BCUT2D eigenvalue weighted by atomic mass is 10.2. The predicted molar refractivity (Wildman–Crippen MR) is 45.5 cm³/mol. The van der Waals surface area contributed by atoms with Gasteiger partial charge in [-0.3, -0.25) is 4.90 Å². The summed E-state index contributed by atoms with van der Waals surface area (Å²) in [5.74, 6) is 0. The van der Waals surface area contributed by atoms with Crippen LogP contribution in [-0.4, -0.2) is 43.3 Å². The Balaban J connectivity index is 2.37. The first-order valence-electron chi connectivity index (χ1n) is 4.34. The fourth-order valence-corrected chi connectivity index (χ4v) is 1.53. The van der Waals surface area contributed by atoms with E-state index in [0.29, 0.717) is 12.6 Å². The molecule has 0 spiro atoms. The lowest BCUT2D eigenvalue weighted by Crippen LogP contribution is -2.48. The van der Waals surface area contributed by atoms with Gasteiger partial charge in [-0.2, -0.15) is 0 Å². The number of nitrogens with zero attached hydrogens (tertiary/aromatic N) is 1. The van der Waals surface area contributed by atoms with E-state index in [-0.39, 0.29) is 6.10 Å². The summed E-state index contributed by atoms with van der Waals surface area (Å²) in [6.07, 6.45) is 0.593. The summed E-state index contributed by atoms with van der Waals surface area (Å²) in [4.78, 5) is 2.38. The van der Waals surface area contributed by atoms with Crippen molar-refractivity contribution >= 4 is 0 Å². The molecule has 0 aliphatic carbocycles. The Hall–Kier alpha value is -0.120. The van der Waals surface area contributed by atoms with Gasteiger partial charge >= 0.3 is 0 Å². The molecule has 1 fully saturated rings. The van der Waals surface area contributed by atoms with Crippen molar-refractivity contribution in [2.24, 2.45) is 5.73 Å². The highest BCUT2D eigenvalue weighted by Gasteiger charge is 2.22. The minimum atomic E-state index is 0.249. The first-order chi connectivity index (χ1) is 5.26. The maximum absolute atomic E-state index is 5.60. The molecule has 0 aromatic rings. The largest absolute Gasteiger partial charge is 0.371 e. The lowest BCUT2D eigenvalue weighted by Gasteiger charge is -2.35. The Morgan fingerprint density at radius 3 is 2.82 bits per heavy atom. The van der Waals surface area contributed by atoms with Crippen LogP contribution in [0.4, 0.5) is 0 Å². The SMILES string of the molecule is CCN1CC(C)OC(CN)C1. The molecule has 1 aliphatic heterocycles. The van der Waals surface area contributed by atoms with E-state index in [1.165, 1.54) is 0 Å². The second kappa shape index (κ2) is 4.04. The topological polar surface area (TPSA) is 38.5 Å². The number of hydrogen-bond acceptors (Lipinski definition) is 3. The van der Waals surface area contributed by atoms with Gasteiger partial charge in [-0.1, -0.05) is 6.92 Å².